The number of aliphatic hydroxyl groups excluding tert-OH is 1. The number of carbonyl (C=O) groups excluding carboxylic acids is 3. The van der Waals surface area contributed by atoms with E-state index >= 15 is 0 Å². The molecule has 0 bridgehead atoms. The van der Waals surface area contributed by atoms with Crippen molar-refractivity contribution < 1.29 is 19.5 Å². The second-order valence-corrected chi connectivity index (χ2v) is 10.2. The third kappa shape index (κ3) is 7.67. The summed E-state index contributed by atoms with van der Waals surface area (Å²) in [7, 11) is 0. The highest BCUT2D eigenvalue weighted by Gasteiger charge is 2.36. The number of nitrogens with one attached hydrogen (secondary N) is 1. The summed E-state index contributed by atoms with van der Waals surface area (Å²) in [5.41, 5.74) is 5.62. The molecule has 2 fully saturated rings. The van der Waals surface area contributed by atoms with Gasteiger partial charge in [0.15, 0.2) is 5.78 Å². The number of hydrogen-bond donors (Lipinski definition) is 3. The predicted molar refractivity (Wildman–Crippen MR) is 122 cm³/mol. The SMILES string of the molecule is CC(C)C(=O)[C@H](CCN)NC(=O)[C@@H](CC(=O)C1CCC[C@H](C2CCCCC2)C1)[C@H](C)O. The van der Waals surface area contributed by atoms with Crippen LogP contribution in [0.15, 0.2) is 0 Å². The zero-order chi connectivity index (χ0) is 23.0. The summed E-state index contributed by atoms with van der Waals surface area (Å²) in [5.74, 6) is -0.0876. The van der Waals surface area contributed by atoms with Crippen LogP contribution in [0, 0.1) is 29.6 Å². The van der Waals surface area contributed by atoms with Crippen LogP contribution in [0.5, 0.6) is 0 Å². The molecular weight excluding hydrogens is 392 g/mol. The Morgan fingerprint density at radius 2 is 1.61 bits per heavy atom. The van der Waals surface area contributed by atoms with Gasteiger partial charge in [-0.15, -0.1) is 0 Å². The Balaban J connectivity index is 1.98. The maximum Gasteiger partial charge on any atom is 0.226 e. The van der Waals surface area contributed by atoms with Crippen LogP contribution in [0.1, 0.15) is 91.4 Å². The second kappa shape index (κ2) is 12.7. The Morgan fingerprint density at radius 1 is 0.968 bits per heavy atom. The van der Waals surface area contributed by atoms with Crippen molar-refractivity contribution in [3.63, 3.8) is 0 Å². The minimum absolute atomic E-state index is 0.00754. The Kier molecular flexibility index (Phi) is 10.6. The van der Waals surface area contributed by atoms with Gasteiger partial charge in [-0.3, -0.25) is 14.4 Å². The first-order valence-electron chi connectivity index (χ1n) is 12.5. The standard InChI is InChI=1S/C25H44N2O4/c1-16(2)24(30)22(12-13-26)27-25(31)21(17(3)28)15-23(29)20-11-7-10-19(14-20)18-8-5-4-6-9-18/h16-22,28H,4-15,26H2,1-3H3,(H,27,31)/t17-,19-,20?,21-,22-/m0/s1. The van der Waals surface area contributed by atoms with E-state index in [2.05, 4.69) is 5.32 Å². The zero-order valence-corrected chi connectivity index (χ0v) is 19.8. The highest BCUT2D eigenvalue weighted by atomic mass is 16.3. The molecule has 1 unspecified atom stereocenters. The number of Topliss-reactive ketones (excluding diaryl/α,β-unsaturated/α-hetero) is 2. The van der Waals surface area contributed by atoms with Crippen molar-refractivity contribution in [1.29, 1.82) is 0 Å². The minimum Gasteiger partial charge on any atom is -0.393 e. The van der Waals surface area contributed by atoms with Gasteiger partial charge in [-0.1, -0.05) is 58.8 Å². The molecule has 0 aromatic rings. The first-order chi connectivity index (χ1) is 14.7. The van der Waals surface area contributed by atoms with Crippen LogP contribution in [0.25, 0.3) is 0 Å². The van der Waals surface area contributed by atoms with E-state index in [1.807, 2.05) is 0 Å². The Hall–Kier alpha value is -1.27. The van der Waals surface area contributed by atoms with Gasteiger partial charge in [0.1, 0.15) is 5.78 Å². The molecule has 5 atom stereocenters. The molecule has 31 heavy (non-hydrogen) atoms. The molecule has 6 nitrogen and oxygen atoms in total. The summed E-state index contributed by atoms with van der Waals surface area (Å²) in [6.07, 6.45) is 10.1. The van der Waals surface area contributed by atoms with Crippen molar-refractivity contribution in [2.75, 3.05) is 6.54 Å². The van der Waals surface area contributed by atoms with E-state index < -0.39 is 24.0 Å². The summed E-state index contributed by atoms with van der Waals surface area (Å²) in [5, 5.41) is 13.0. The lowest BCUT2D eigenvalue weighted by Crippen LogP contribution is -2.48. The fraction of sp³-hybridized carbons (Fsp3) is 0.880. The second-order valence-electron chi connectivity index (χ2n) is 10.2. The van der Waals surface area contributed by atoms with Crippen LogP contribution in [0.4, 0.5) is 0 Å². The largest absolute Gasteiger partial charge is 0.393 e. The third-order valence-electron chi connectivity index (χ3n) is 7.51. The van der Waals surface area contributed by atoms with Crippen molar-refractivity contribution in [2.45, 2.75) is 104 Å². The van der Waals surface area contributed by atoms with E-state index in [0.717, 1.165) is 25.2 Å². The van der Waals surface area contributed by atoms with Crippen molar-refractivity contribution in [2.24, 2.45) is 35.3 Å². The van der Waals surface area contributed by atoms with Crippen LogP contribution in [0.2, 0.25) is 0 Å². The molecule has 2 saturated carbocycles. The Bertz CT molecular complexity index is 598. The lowest BCUT2D eigenvalue weighted by atomic mass is 9.69. The van der Waals surface area contributed by atoms with E-state index in [1.165, 1.54) is 38.5 Å². The number of nitrogens with two attached hydrogens (primary N) is 1. The van der Waals surface area contributed by atoms with Crippen molar-refractivity contribution in [3.8, 4) is 0 Å². The number of ketones is 2. The lowest BCUT2D eigenvalue weighted by Gasteiger charge is -2.36. The third-order valence-corrected chi connectivity index (χ3v) is 7.51. The Morgan fingerprint density at radius 3 is 2.19 bits per heavy atom. The Labute approximate surface area is 188 Å². The van der Waals surface area contributed by atoms with Crippen LogP contribution in [-0.2, 0) is 14.4 Å². The molecule has 2 rings (SSSR count). The van der Waals surface area contributed by atoms with Crippen molar-refractivity contribution >= 4 is 17.5 Å². The normalized spacial score (nSPS) is 25.6. The van der Waals surface area contributed by atoms with Crippen LogP contribution >= 0.6 is 0 Å². The van der Waals surface area contributed by atoms with E-state index in [4.69, 9.17) is 5.73 Å². The molecule has 178 valence electrons. The number of rotatable bonds is 11. The number of amides is 1. The lowest BCUT2D eigenvalue weighted by molar-refractivity contribution is -0.137. The number of hydrogen-bond acceptors (Lipinski definition) is 5. The molecule has 0 heterocycles. The molecule has 0 aliphatic heterocycles. The quantitative estimate of drug-likeness (QED) is 0.460. The topological polar surface area (TPSA) is 109 Å². The summed E-state index contributed by atoms with van der Waals surface area (Å²) in [6.45, 7) is 5.41. The predicted octanol–water partition coefficient (Wildman–Crippen LogP) is 3.39. The maximum atomic E-state index is 13.1. The monoisotopic (exact) mass is 436 g/mol. The molecular formula is C25H44N2O4. The van der Waals surface area contributed by atoms with Gasteiger partial charge < -0.3 is 16.2 Å². The van der Waals surface area contributed by atoms with Gasteiger partial charge >= 0.3 is 0 Å². The van der Waals surface area contributed by atoms with E-state index in [9.17, 15) is 19.5 Å². The van der Waals surface area contributed by atoms with Crippen LogP contribution in [-0.4, -0.2) is 41.3 Å². The molecule has 6 heteroatoms. The minimum atomic E-state index is -0.950. The molecule has 0 radical (unpaired) electrons. The van der Waals surface area contributed by atoms with Crippen molar-refractivity contribution in [1.82, 2.24) is 5.32 Å². The fourth-order valence-corrected chi connectivity index (χ4v) is 5.55. The average molecular weight is 437 g/mol. The zero-order valence-electron chi connectivity index (χ0n) is 19.8. The summed E-state index contributed by atoms with van der Waals surface area (Å²) in [4.78, 5) is 38.4. The molecule has 0 aromatic heterocycles. The van der Waals surface area contributed by atoms with E-state index in [1.54, 1.807) is 20.8 Å². The van der Waals surface area contributed by atoms with Crippen LogP contribution in [0.3, 0.4) is 0 Å². The molecule has 0 spiro atoms. The van der Waals surface area contributed by atoms with Gasteiger partial charge in [-0.05, 0) is 44.6 Å². The molecule has 2 aliphatic carbocycles. The molecule has 0 saturated heterocycles. The highest BCUT2D eigenvalue weighted by Crippen LogP contribution is 2.41. The van der Waals surface area contributed by atoms with Gasteiger partial charge in [0.25, 0.3) is 0 Å². The molecule has 4 N–H and O–H groups in total. The summed E-state index contributed by atoms with van der Waals surface area (Å²) in [6, 6.07) is -0.667. The molecule has 2 aliphatic rings. The fourth-order valence-electron chi connectivity index (χ4n) is 5.55. The van der Waals surface area contributed by atoms with Gasteiger partial charge in [0.2, 0.25) is 5.91 Å². The summed E-state index contributed by atoms with van der Waals surface area (Å²) < 4.78 is 0. The number of carbonyl (C=O) groups is 3. The van der Waals surface area contributed by atoms with E-state index in [0.29, 0.717) is 12.3 Å². The first-order valence-corrected chi connectivity index (χ1v) is 12.5. The molecule has 0 aromatic carbocycles. The highest BCUT2D eigenvalue weighted by molar-refractivity contribution is 5.93. The van der Waals surface area contributed by atoms with Gasteiger partial charge in [0.05, 0.1) is 18.1 Å². The smallest absolute Gasteiger partial charge is 0.226 e. The van der Waals surface area contributed by atoms with Crippen LogP contribution < -0.4 is 11.1 Å². The average Bonchev–Trinajstić information content (AvgIpc) is 2.76. The van der Waals surface area contributed by atoms with E-state index in [-0.39, 0.29) is 36.4 Å². The van der Waals surface area contributed by atoms with Gasteiger partial charge in [-0.2, -0.15) is 0 Å². The maximum absolute atomic E-state index is 13.1. The summed E-state index contributed by atoms with van der Waals surface area (Å²) >= 11 is 0. The molecule has 1 amide bonds. The van der Waals surface area contributed by atoms with Gasteiger partial charge in [-0.25, -0.2) is 0 Å². The van der Waals surface area contributed by atoms with Gasteiger partial charge in [0, 0.05) is 18.3 Å². The number of aliphatic hydroxyl groups is 1. The van der Waals surface area contributed by atoms with Crippen molar-refractivity contribution in [3.05, 3.63) is 0 Å². The first kappa shape index (κ1) is 26.0.